The molecular formula is C10H15NO3. The zero-order valence-corrected chi connectivity index (χ0v) is 8.13. The molecule has 1 rings (SSSR count). The molecule has 4 heteroatoms. The van der Waals surface area contributed by atoms with Gasteiger partial charge in [-0.3, -0.25) is 4.79 Å². The average molecular weight is 197 g/mol. The highest BCUT2D eigenvalue weighted by Crippen LogP contribution is 2.09. The van der Waals surface area contributed by atoms with Gasteiger partial charge in [-0.25, -0.2) is 0 Å². The lowest BCUT2D eigenvalue weighted by Gasteiger charge is -2.18. The van der Waals surface area contributed by atoms with E-state index in [0.29, 0.717) is 13.0 Å². The van der Waals surface area contributed by atoms with E-state index in [4.69, 9.17) is 10.2 Å². The number of hydrogen-bond donors (Lipinski definition) is 2. The molecule has 0 aromatic carbocycles. The Hall–Kier alpha value is -1.13. The second kappa shape index (κ2) is 4.93. The van der Waals surface area contributed by atoms with Crippen molar-refractivity contribution in [3.05, 3.63) is 34.7 Å². The van der Waals surface area contributed by atoms with Crippen LogP contribution in [-0.4, -0.2) is 21.1 Å². The monoisotopic (exact) mass is 197 g/mol. The minimum absolute atomic E-state index is 0.0427. The third kappa shape index (κ3) is 2.97. The van der Waals surface area contributed by atoms with Crippen LogP contribution in [0.2, 0.25) is 0 Å². The van der Waals surface area contributed by atoms with Gasteiger partial charge in [0, 0.05) is 37.0 Å². The van der Waals surface area contributed by atoms with Gasteiger partial charge in [0.1, 0.15) is 0 Å². The molecule has 0 saturated carbocycles. The van der Waals surface area contributed by atoms with Crippen LogP contribution in [-0.2, 0) is 6.54 Å². The number of rotatable bonds is 4. The highest BCUT2D eigenvalue weighted by atomic mass is 16.5. The van der Waals surface area contributed by atoms with Crippen molar-refractivity contribution in [2.45, 2.75) is 26.2 Å². The van der Waals surface area contributed by atoms with Crippen LogP contribution in [0.25, 0.3) is 0 Å². The summed E-state index contributed by atoms with van der Waals surface area (Å²) in [5.74, 6) is -0.197. The van der Waals surface area contributed by atoms with Crippen LogP contribution >= 0.6 is 0 Å². The molecule has 0 fully saturated rings. The van der Waals surface area contributed by atoms with E-state index in [-0.39, 0.29) is 11.3 Å². The van der Waals surface area contributed by atoms with Crippen molar-refractivity contribution >= 4 is 0 Å². The van der Waals surface area contributed by atoms with Crippen molar-refractivity contribution in [1.29, 1.82) is 0 Å². The molecule has 0 radical (unpaired) electrons. The molecule has 1 atom stereocenters. The van der Waals surface area contributed by atoms with E-state index in [0.717, 1.165) is 0 Å². The quantitative estimate of drug-likeness (QED) is 0.677. The third-order valence-electron chi connectivity index (χ3n) is 2.25. The summed E-state index contributed by atoms with van der Waals surface area (Å²) < 4.78 is 1.77. The van der Waals surface area contributed by atoms with E-state index in [1.54, 1.807) is 17.0 Å². The second-order valence-corrected chi connectivity index (χ2v) is 3.31. The van der Waals surface area contributed by atoms with Crippen molar-refractivity contribution in [3.63, 3.8) is 0 Å². The molecule has 1 aromatic rings. The van der Waals surface area contributed by atoms with Crippen LogP contribution < -0.4 is 5.43 Å². The van der Waals surface area contributed by atoms with Crippen LogP contribution in [0.5, 0.6) is 0 Å². The van der Waals surface area contributed by atoms with Crippen LogP contribution in [0.3, 0.4) is 0 Å². The molecule has 0 amide bonds. The Labute approximate surface area is 82.4 Å². The summed E-state index contributed by atoms with van der Waals surface area (Å²) in [7, 11) is 0. The van der Waals surface area contributed by atoms with Gasteiger partial charge in [0.05, 0.1) is 0 Å². The standard InChI is InChI=1S/C10H15NO3/c1-2-8(10(13)14)7-11-5-3-9(12)4-6-11/h3-6,8,10,13-14H,2,7H2,1H3. The van der Waals surface area contributed by atoms with Crippen LogP contribution in [0.4, 0.5) is 0 Å². The summed E-state index contributed by atoms with van der Waals surface area (Å²) in [6.45, 7) is 2.40. The normalized spacial score (nSPS) is 13.1. The highest BCUT2D eigenvalue weighted by Gasteiger charge is 2.13. The Kier molecular flexibility index (Phi) is 3.85. The van der Waals surface area contributed by atoms with E-state index >= 15 is 0 Å². The fourth-order valence-electron chi connectivity index (χ4n) is 1.27. The lowest BCUT2D eigenvalue weighted by molar-refractivity contribution is -0.0889. The van der Waals surface area contributed by atoms with Gasteiger partial charge < -0.3 is 14.8 Å². The lowest BCUT2D eigenvalue weighted by atomic mass is 10.1. The summed E-state index contributed by atoms with van der Waals surface area (Å²) >= 11 is 0. The number of nitrogens with zero attached hydrogens (tertiary/aromatic N) is 1. The molecule has 1 aromatic heterocycles. The van der Waals surface area contributed by atoms with Crippen molar-refractivity contribution in [2.75, 3.05) is 0 Å². The predicted molar refractivity (Wildman–Crippen MR) is 52.7 cm³/mol. The van der Waals surface area contributed by atoms with Gasteiger partial charge in [0.25, 0.3) is 0 Å². The SMILES string of the molecule is CCC(Cn1ccc(=O)cc1)C(O)O. The van der Waals surface area contributed by atoms with Crippen LogP contribution in [0, 0.1) is 5.92 Å². The Bertz CT molecular complexity index is 312. The number of pyridine rings is 1. The van der Waals surface area contributed by atoms with Crippen molar-refractivity contribution < 1.29 is 10.2 Å². The van der Waals surface area contributed by atoms with Gasteiger partial charge in [-0.05, 0) is 6.42 Å². The summed E-state index contributed by atoms with van der Waals surface area (Å²) in [4.78, 5) is 10.8. The molecule has 1 heterocycles. The second-order valence-electron chi connectivity index (χ2n) is 3.31. The molecule has 0 aliphatic heterocycles. The number of aromatic nitrogens is 1. The summed E-state index contributed by atoms with van der Waals surface area (Å²) in [6, 6.07) is 2.91. The number of hydrogen-bond acceptors (Lipinski definition) is 3. The average Bonchev–Trinajstić information content (AvgIpc) is 2.16. The molecule has 78 valence electrons. The van der Waals surface area contributed by atoms with Gasteiger partial charge >= 0.3 is 0 Å². The molecule has 0 aliphatic rings. The maximum Gasteiger partial charge on any atom is 0.181 e. The van der Waals surface area contributed by atoms with Crippen LogP contribution in [0.15, 0.2) is 29.3 Å². The predicted octanol–water partition coefficient (Wildman–Crippen LogP) is 0.185. The zero-order valence-electron chi connectivity index (χ0n) is 8.13. The molecular weight excluding hydrogens is 182 g/mol. The van der Waals surface area contributed by atoms with Gasteiger partial charge in [0.15, 0.2) is 11.7 Å². The first-order chi connectivity index (χ1) is 6.63. The van der Waals surface area contributed by atoms with Crippen molar-refractivity contribution in [1.82, 2.24) is 4.57 Å². The van der Waals surface area contributed by atoms with E-state index in [1.165, 1.54) is 12.1 Å². The van der Waals surface area contributed by atoms with Gasteiger partial charge in [-0.15, -0.1) is 0 Å². The molecule has 4 nitrogen and oxygen atoms in total. The fraction of sp³-hybridized carbons (Fsp3) is 0.500. The first-order valence-electron chi connectivity index (χ1n) is 4.65. The summed E-state index contributed by atoms with van der Waals surface area (Å²) in [5.41, 5.74) is -0.0427. The van der Waals surface area contributed by atoms with E-state index in [1.807, 2.05) is 6.92 Å². The maximum absolute atomic E-state index is 10.8. The zero-order chi connectivity index (χ0) is 10.6. The topological polar surface area (TPSA) is 62.5 Å². The molecule has 0 saturated heterocycles. The fourth-order valence-corrected chi connectivity index (χ4v) is 1.27. The van der Waals surface area contributed by atoms with Gasteiger partial charge in [-0.2, -0.15) is 0 Å². The lowest BCUT2D eigenvalue weighted by Crippen LogP contribution is -2.24. The minimum atomic E-state index is -1.31. The van der Waals surface area contributed by atoms with E-state index in [2.05, 4.69) is 0 Å². The smallest absolute Gasteiger partial charge is 0.181 e. The molecule has 0 aliphatic carbocycles. The van der Waals surface area contributed by atoms with Crippen molar-refractivity contribution in [3.8, 4) is 0 Å². The third-order valence-corrected chi connectivity index (χ3v) is 2.25. The Morgan fingerprint density at radius 2 is 1.93 bits per heavy atom. The molecule has 0 spiro atoms. The largest absolute Gasteiger partial charge is 0.368 e. The minimum Gasteiger partial charge on any atom is -0.368 e. The first kappa shape index (κ1) is 10.9. The number of aliphatic hydroxyl groups is 2. The first-order valence-corrected chi connectivity index (χ1v) is 4.65. The van der Waals surface area contributed by atoms with E-state index in [9.17, 15) is 4.79 Å². The highest BCUT2D eigenvalue weighted by molar-refractivity contribution is 4.93. The Morgan fingerprint density at radius 1 is 1.36 bits per heavy atom. The molecule has 1 unspecified atom stereocenters. The van der Waals surface area contributed by atoms with Crippen LogP contribution in [0.1, 0.15) is 13.3 Å². The molecule has 0 bridgehead atoms. The summed E-state index contributed by atoms with van der Waals surface area (Å²) in [6.07, 6.45) is 2.67. The van der Waals surface area contributed by atoms with Crippen molar-refractivity contribution in [2.24, 2.45) is 5.92 Å². The molecule has 2 N–H and O–H groups in total. The van der Waals surface area contributed by atoms with E-state index < -0.39 is 6.29 Å². The van der Waals surface area contributed by atoms with Gasteiger partial charge in [-0.1, -0.05) is 6.92 Å². The maximum atomic E-state index is 10.8. The van der Waals surface area contributed by atoms with Gasteiger partial charge in [0.2, 0.25) is 0 Å². The molecule has 14 heavy (non-hydrogen) atoms. The summed E-state index contributed by atoms with van der Waals surface area (Å²) in [5, 5.41) is 18.0. The Morgan fingerprint density at radius 3 is 2.36 bits per heavy atom. The number of aliphatic hydroxyl groups excluding tert-OH is 1. The Balaban J connectivity index is 2.67.